The zero-order valence-electron chi connectivity index (χ0n) is 26.5. The van der Waals surface area contributed by atoms with Crippen LogP contribution < -0.4 is 4.90 Å². The number of hydrogen-bond acceptors (Lipinski definition) is 3. The van der Waals surface area contributed by atoms with Crippen molar-refractivity contribution in [2.45, 2.75) is 0 Å². The van der Waals surface area contributed by atoms with Crippen molar-refractivity contribution in [3.05, 3.63) is 176 Å². The summed E-state index contributed by atoms with van der Waals surface area (Å²) < 4.78 is 9.03. The maximum Gasteiger partial charge on any atom is 0.137 e. The first-order chi connectivity index (χ1) is 24.3. The average molecular weight is 644 g/mol. The predicted molar refractivity (Wildman–Crippen MR) is 210 cm³/mol. The molecule has 2 nitrogen and oxygen atoms in total. The van der Waals surface area contributed by atoms with Gasteiger partial charge in [0.2, 0.25) is 0 Å². The number of benzene rings is 8. The Kier molecular flexibility index (Phi) is 6.39. The average Bonchev–Trinajstić information content (AvgIpc) is 3.74. The summed E-state index contributed by atoms with van der Waals surface area (Å²) in [5.41, 5.74) is 9.87. The van der Waals surface area contributed by atoms with E-state index in [0.717, 1.165) is 39.0 Å². The van der Waals surface area contributed by atoms with Gasteiger partial charge >= 0.3 is 0 Å². The van der Waals surface area contributed by atoms with Crippen molar-refractivity contribution >= 4 is 81.3 Å². The van der Waals surface area contributed by atoms with Crippen LogP contribution in [0.1, 0.15) is 0 Å². The molecule has 230 valence electrons. The molecule has 3 heteroatoms. The molecule has 2 aromatic heterocycles. The lowest BCUT2D eigenvalue weighted by atomic mass is 9.94. The highest BCUT2D eigenvalue weighted by Gasteiger charge is 2.20. The Bertz CT molecular complexity index is 2830. The summed E-state index contributed by atoms with van der Waals surface area (Å²) in [5.74, 6) is 0. The zero-order chi connectivity index (χ0) is 32.3. The zero-order valence-corrected chi connectivity index (χ0v) is 27.3. The van der Waals surface area contributed by atoms with Gasteiger partial charge in [0.1, 0.15) is 11.2 Å². The predicted octanol–water partition coefficient (Wildman–Crippen LogP) is 13.9. The first kappa shape index (κ1) is 27.9. The quantitative estimate of drug-likeness (QED) is 0.186. The Morgan fingerprint density at radius 1 is 0.388 bits per heavy atom. The Hall–Kier alpha value is -6.16. The molecule has 0 N–H and O–H groups in total. The van der Waals surface area contributed by atoms with Crippen molar-refractivity contribution in [3.63, 3.8) is 0 Å². The highest BCUT2D eigenvalue weighted by Crippen LogP contribution is 2.45. The maximum absolute atomic E-state index is 6.40. The lowest BCUT2D eigenvalue weighted by Crippen LogP contribution is -2.10. The van der Waals surface area contributed by atoms with Crippen LogP contribution >= 0.6 is 11.3 Å². The molecule has 0 amide bonds. The minimum absolute atomic E-state index is 0.878. The number of anilines is 3. The molecule has 0 saturated carbocycles. The van der Waals surface area contributed by atoms with Gasteiger partial charge in [-0.2, -0.15) is 0 Å². The monoisotopic (exact) mass is 643 g/mol. The minimum Gasteiger partial charge on any atom is -0.456 e. The second-order valence-electron chi connectivity index (χ2n) is 12.5. The lowest BCUT2D eigenvalue weighted by molar-refractivity contribution is 0.669. The third kappa shape index (κ3) is 4.55. The van der Waals surface area contributed by atoms with Crippen LogP contribution in [0.25, 0.3) is 75.1 Å². The number of rotatable bonds is 5. The highest BCUT2D eigenvalue weighted by molar-refractivity contribution is 7.26. The van der Waals surface area contributed by atoms with Crippen LogP contribution in [0.15, 0.2) is 180 Å². The normalized spacial score (nSPS) is 11.7. The SMILES string of the molecule is c1ccc(-c2ccccc2-c2ccc(N(c3ccc4c(c3)oc3ccccc34)c3cccc4c3ccc3sc5ccccc5c34)cc2)cc1. The molecule has 0 saturated heterocycles. The van der Waals surface area contributed by atoms with E-state index in [1.807, 2.05) is 23.5 Å². The molecule has 0 aliphatic rings. The molecular weight excluding hydrogens is 615 g/mol. The van der Waals surface area contributed by atoms with E-state index in [0.29, 0.717) is 0 Å². The van der Waals surface area contributed by atoms with Gasteiger partial charge < -0.3 is 9.32 Å². The molecule has 8 aromatic carbocycles. The topological polar surface area (TPSA) is 16.4 Å². The van der Waals surface area contributed by atoms with Crippen molar-refractivity contribution in [1.82, 2.24) is 0 Å². The van der Waals surface area contributed by atoms with Crippen molar-refractivity contribution in [2.75, 3.05) is 4.90 Å². The third-order valence-corrected chi connectivity index (χ3v) is 10.8. The van der Waals surface area contributed by atoms with E-state index >= 15 is 0 Å². The van der Waals surface area contributed by atoms with Crippen molar-refractivity contribution in [2.24, 2.45) is 0 Å². The van der Waals surface area contributed by atoms with E-state index in [1.54, 1.807) is 0 Å². The van der Waals surface area contributed by atoms with Crippen LogP contribution in [-0.2, 0) is 0 Å². The molecule has 10 aromatic rings. The van der Waals surface area contributed by atoms with Gasteiger partial charge in [-0.3, -0.25) is 0 Å². The lowest BCUT2D eigenvalue weighted by Gasteiger charge is -2.27. The third-order valence-electron chi connectivity index (χ3n) is 9.69. The molecule has 0 fully saturated rings. The van der Waals surface area contributed by atoms with Crippen LogP contribution in [0.5, 0.6) is 0 Å². The van der Waals surface area contributed by atoms with Gasteiger partial charge in [0.15, 0.2) is 0 Å². The molecule has 10 rings (SSSR count). The van der Waals surface area contributed by atoms with E-state index in [9.17, 15) is 0 Å². The molecule has 0 bridgehead atoms. The first-order valence-electron chi connectivity index (χ1n) is 16.6. The maximum atomic E-state index is 6.40. The fraction of sp³-hybridized carbons (Fsp3) is 0. The number of para-hydroxylation sites is 1. The number of fused-ring (bicyclic) bond motifs is 8. The molecule has 0 aliphatic carbocycles. The van der Waals surface area contributed by atoms with Gasteiger partial charge in [0.05, 0.1) is 5.69 Å². The molecular formula is C46H29NOS. The Morgan fingerprint density at radius 2 is 1.02 bits per heavy atom. The summed E-state index contributed by atoms with van der Waals surface area (Å²) in [5, 5.41) is 7.35. The summed E-state index contributed by atoms with van der Waals surface area (Å²) in [7, 11) is 0. The van der Waals surface area contributed by atoms with Crippen LogP contribution in [0.4, 0.5) is 17.1 Å². The van der Waals surface area contributed by atoms with E-state index in [-0.39, 0.29) is 0 Å². The molecule has 0 unspecified atom stereocenters. The fourth-order valence-corrected chi connectivity index (χ4v) is 8.56. The van der Waals surface area contributed by atoms with Gasteiger partial charge in [-0.25, -0.2) is 0 Å². The standard InChI is InChI=1S/C46H29NOS/c1-2-11-30(12-3-1)34-13-4-5-14-35(34)31-21-23-32(24-22-31)47(33-25-26-38-37-15-6-8-19-42(37)48-43(38)29-33)41-18-10-17-39-36(41)27-28-45-46(39)40-16-7-9-20-44(40)49-45/h1-29H. The van der Waals surface area contributed by atoms with Crippen molar-refractivity contribution in [1.29, 1.82) is 0 Å². The van der Waals surface area contributed by atoms with Gasteiger partial charge in [-0.05, 0) is 76.2 Å². The number of thiophene rings is 1. The summed E-state index contributed by atoms with van der Waals surface area (Å²) in [6.07, 6.45) is 0. The fourth-order valence-electron chi connectivity index (χ4n) is 7.44. The molecule has 49 heavy (non-hydrogen) atoms. The Balaban J connectivity index is 1.18. The van der Waals surface area contributed by atoms with Crippen molar-refractivity contribution in [3.8, 4) is 22.3 Å². The first-order valence-corrected chi connectivity index (χ1v) is 17.4. The molecule has 0 spiro atoms. The smallest absolute Gasteiger partial charge is 0.137 e. The number of hydrogen-bond donors (Lipinski definition) is 0. The number of furan rings is 1. The molecule has 0 aliphatic heterocycles. The molecule has 2 heterocycles. The molecule has 0 radical (unpaired) electrons. The van der Waals surface area contributed by atoms with Gasteiger partial charge in [0, 0.05) is 53.8 Å². The summed E-state index contributed by atoms with van der Waals surface area (Å²) in [6, 6.07) is 63.2. The van der Waals surface area contributed by atoms with Crippen molar-refractivity contribution < 1.29 is 4.42 Å². The van der Waals surface area contributed by atoms with Crippen LogP contribution in [0, 0.1) is 0 Å². The Labute approximate surface area is 287 Å². The van der Waals surface area contributed by atoms with Gasteiger partial charge in [-0.15, -0.1) is 11.3 Å². The van der Waals surface area contributed by atoms with Crippen LogP contribution in [0.2, 0.25) is 0 Å². The van der Waals surface area contributed by atoms with E-state index in [2.05, 4.69) is 169 Å². The van der Waals surface area contributed by atoms with E-state index in [1.165, 1.54) is 53.2 Å². The number of nitrogens with zero attached hydrogens (tertiary/aromatic N) is 1. The largest absolute Gasteiger partial charge is 0.456 e. The van der Waals surface area contributed by atoms with E-state index in [4.69, 9.17) is 4.42 Å². The molecule has 0 atom stereocenters. The highest BCUT2D eigenvalue weighted by atomic mass is 32.1. The van der Waals surface area contributed by atoms with Crippen LogP contribution in [0.3, 0.4) is 0 Å². The Morgan fingerprint density at radius 3 is 1.86 bits per heavy atom. The summed E-state index contributed by atoms with van der Waals surface area (Å²) >= 11 is 1.86. The summed E-state index contributed by atoms with van der Waals surface area (Å²) in [6.45, 7) is 0. The second kappa shape index (κ2) is 11.2. The second-order valence-corrected chi connectivity index (χ2v) is 13.6. The summed E-state index contributed by atoms with van der Waals surface area (Å²) in [4.78, 5) is 2.38. The van der Waals surface area contributed by atoms with Crippen LogP contribution in [-0.4, -0.2) is 0 Å². The van der Waals surface area contributed by atoms with Gasteiger partial charge in [-0.1, -0.05) is 121 Å². The van der Waals surface area contributed by atoms with E-state index < -0.39 is 0 Å². The minimum atomic E-state index is 0.878. The van der Waals surface area contributed by atoms with Gasteiger partial charge in [0.25, 0.3) is 0 Å².